The number of alkyl halides is 4. The van der Waals surface area contributed by atoms with E-state index in [2.05, 4.69) is 0 Å². The predicted octanol–water partition coefficient (Wildman–Crippen LogP) is 2.70. The molecule has 2 rings (SSSR count). The summed E-state index contributed by atoms with van der Waals surface area (Å²) in [7, 11) is 0. The zero-order chi connectivity index (χ0) is 17.6. The molecule has 2 heterocycles. The fraction of sp³-hybridized carbons (Fsp3) is 0.857. The molecule has 9 heteroatoms. The van der Waals surface area contributed by atoms with Crippen molar-refractivity contribution in [3.8, 4) is 0 Å². The van der Waals surface area contributed by atoms with Gasteiger partial charge in [0.05, 0.1) is 6.54 Å². The summed E-state index contributed by atoms with van der Waals surface area (Å²) in [4.78, 5) is 25.4. The number of hydrogen-bond acceptors (Lipinski definition) is 3. The van der Waals surface area contributed by atoms with Gasteiger partial charge in [-0.3, -0.25) is 9.69 Å². The lowest BCUT2D eigenvalue weighted by molar-refractivity contribution is -0.195. The Labute approximate surface area is 131 Å². The van der Waals surface area contributed by atoms with Crippen LogP contribution in [-0.2, 0) is 9.53 Å². The van der Waals surface area contributed by atoms with Crippen LogP contribution >= 0.6 is 0 Å². The molecule has 23 heavy (non-hydrogen) atoms. The minimum atomic E-state index is -5.11. The number of hydrogen-bond donors (Lipinski definition) is 0. The van der Waals surface area contributed by atoms with Crippen LogP contribution in [-0.4, -0.2) is 59.0 Å². The Hall–Kier alpha value is -1.54. The van der Waals surface area contributed by atoms with Crippen LogP contribution in [0.1, 0.15) is 33.6 Å². The Kier molecular flexibility index (Phi) is 4.51. The quantitative estimate of drug-likeness (QED) is 0.637. The number of nitrogens with zero attached hydrogens (tertiary/aromatic N) is 2. The number of rotatable bonds is 0. The van der Waals surface area contributed by atoms with Gasteiger partial charge in [0.25, 0.3) is 0 Å². The van der Waals surface area contributed by atoms with Gasteiger partial charge in [-0.15, -0.1) is 0 Å². The number of carbonyl (C=O) groups excluding carboxylic acids is 2. The van der Waals surface area contributed by atoms with Crippen molar-refractivity contribution >= 4 is 12.0 Å². The number of piperidine rings is 1. The fourth-order valence-corrected chi connectivity index (χ4v) is 3.11. The molecule has 0 spiro atoms. The Morgan fingerprint density at radius 3 is 2.26 bits per heavy atom. The smallest absolute Gasteiger partial charge is 0.444 e. The second-order valence-electron chi connectivity index (χ2n) is 6.92. The van der Waals surface area contributed by atoms with E-state index >= 15 is 0 Å². The number of fused-ring (bicyclic) bond motifs is 1. The maximum Gasteiger partial charge on any atom is 0.471 e. The molecule has 0 aromatic rings. The highest BCUT2D eigenvalue weighted by atomic mass is 19.4. The van der Waals surface area contributed by atoms with Crippen molar-refractivity contribution in [3.63, 3.8) is 0 Å². The van der Waals surface area contributed by atoms with Crippen molar-refractivity contribution < 1.29 is 31.9 Å². The van der Waals surface area contributed by atoms with E-state index in [0.717, 1.165) is 4.90 Å². The zero-order valence-electron chi connectivity index (χ0n) is 13.2. The maximum atomic E-state index is 13.7. The summed E-state index contributed by atoms with van der Waals surface area (Å²) in [5.74, 6) is -2.64. The Morgan fingerprint density at radius 2 is 1.74 bits per heavy atom. The first kappa shape index (κ1) is 17.8. The predicted molar refractivity (Wildman–Crippen MR) is 72.1 cm³/mol. The van der Waals surface area contributed by atoms with Crippen molar-refractivity contribution in [1.82, 2.24) is 9.80 Å². The number of amides is 2. The molecule has 2 aliphatic rings. The first-order valence-electron chi connectivity index (χ1n) is 7.41. The molecule has 0 aromatic heterocycles. The van der Waals surface area contributed by atoms with Gasteiger partial charge in [0.1, 0.15) is 17.9 Å². The van der Waals surface area contributed by atoms with E-state index in [9.17, 15) is 27.2 Å². The SMILES string of the molecule is CC(C)(C)OC(=O)N1CC[C@H]2C[C@@H](F)CN(C(=O)C(F)(F)F)[C@H]21. The molecule has 0 radical (unpaired) electrons. The van der Waals surface area contributed by atoms with Crippen LogP contribution < -0.4 is 0 Å². The van der Waals surface area contributed by atoms with Crippen LogP contribution in [0.5, 0.6) is 0 Å². The summed E-state index contributed by atoms with van der Waals surface area (Å²) < 4.78 is 57.2. The van der Waals surface area contributed by atoms with E-state index < -0.39 is 48.6 Å². The molecule has 2 aliphatic heterocycles. The van der Waals surface area contributed by atoms with E-state index in [1.54, 1.807) is 20.8 Å². The normalized spacial score (nSPS) is 28.6. The van der Waals surface area contributed by atoms with E-state index in [1.807, 2.05) is 0 Å². The third-order valence-electron chi connectivity index (χ3n) is 3.89. The topological polar surface area (TPSA) is 49.9 Å². The average molecular weight is 340 g/mol. The number of ether oxygens (including phenoxy) is 1. The van der Waals surface area contributed by atoms with Gasteiger partial charge in [0, 0.05) is 12.5 Å². The van der Waals surface area contributed by atoms with Crippen molar-refractivity contribution in [2.45, 2.75) is 57.7 Å². The summed E-state index contributed by atoms with van der Waals surface area (Å²) in [5.41, 5.74) is -0.814. The first-order chi connectivity index (χ1) is 10.4. The molecule has 0 N–H and O–H groups in total. The molecule has 0 bridgehead atoms. The zero-order valence-corrected chi connectivity index (χ0v) is 13.2. The molecule has 5 nitrogen and oxygen atoms in total. The summed E-state index contributed by atoms with van der Waals surface area (Å²) in [6.07, 6.45) is -8.16. The second kappa shape index (κ2) is 5.83. The van der Waals surface area contributed by atoms with Crippen molar-refractivity contribution in [3.05, 3.63) is 0 Å². The Bertz CT molecular complexity index is 489. The van der Waals surface area contributed by atoms with Gasteiger partial charge in [-0.25, -0.2) is 9.18 Å². The highest BCUT2D eigenvalue weighted by Crippen LogP contribution is 2.38. The number of halogens is 4. The van der Waals surface area contributed by atoms with Crippen LogP contribution in [0.4, 0.5) is 22.4 Å². The van der Waals surface area contributed by atoms with Crippen LogP contribution in [0.25, 0.3) is 0 Å². The van der Waals surface area contributed by atoms with E-state index in [1.165, 1.54) is 0 Å². The molecule has 0 unspecified atom stereocenters. The molecular formula is C14H20F4N2O3. The third-order valence-corrected chi connectivity index (χ3v) is 3.89. The van der Waals surface area contributed by atoms with Crippen LogP contribution in [0.15, 0.2) is 0 Å². The number of carbonyl (C=O) groups is 2. The highest BCUT2D eigenvalue weighted by molar-refractivity contribution is 5.83. The van der Waals surface area contributed by atoms with Crippen molar-refractivity contribution in [2.75, 3.05) is 13.1 Å². The molecule has 3 atom stereocenters. The lowest BCUT2D eigenvalue weighted by Gasteiger charge is -2.42. The molecule has 0 aliphatic carbocycles. The molecule has 2 fully saturated rings. The van der Waals surface area contributed by atoms with Crippen molar-refractivity contribution in [2.24, 2.45) is 5.92 Å². The van der Waals surface area contributed by atoms with E-state index in [4.69, 9.17) is 4.74 Å². The van der Waals surface area contributed by atoms with Gasteiger partial charge in [-0.1, -0.05) is 0 Å². The summed E-state index contributed by atoms with van der Waals surface area (Å²) in [6, 6.07) is 0. The molecule has 132 valence electrons. The summed E-state index contributed by atoms with van der Waals surface area (Å²) >= 11 is 0. The van der Waals surface area contributed by atoms with Crippen LogP contribution in [0.2, 0.25) is 0 Å². The van der Waals surface area contributed by atoms with Gasteiger partial charge >= 0.3 is 18.2 Å². The molecule has 0 aromatic carbocycles. The maximum absolute atomic E-state index is 13.7. The molecule has 2 amide bonds. The van der Waals surface area contributed by atoms with Gasteiger partial charge in [0.15, 0.2) is 0 Å². The summed E-state index contributed by atoms with van der Waals surface area (Å²) in [6.45, 7) is 4.37. The Morgan fingerprint density at radius 1 is 1.13 bits per heavy atom. The Balaban J connectivity index is 2.24. The average Bonchev–Trinajstić information content (AvgIpc) is 2.77. The largest absolute Gasteiger partial charge is 0.471 e. The second-order valence-corrected chi connectivity index (χ2v) is 6.92. The monoisotopic (exact) mass is 340 g/mol. The lowest BCUT2D eigenvalue weighted by atomic mass is 9.93. The minimum absolute atomic E-state index is 0.0333. The van der Waals surface area contributed by atoms with Crippen molar-refractivity contribution in [1.29, 1.82) is 0 Å². The standard InChI is InChI=1S/C14H20F4N2O3/c1-13(2,3)23-12(22)19-5-4-8-6-9(15)7-20(10(8)19)11(21)14(16,17)18/h8-10H,4-7H2,1-3H3/t8-,9+,10+/m0/s1. The minimum Gasteiger partial charge on any atom is -0.444 e. The fourth-order valence-electron chi connectivity index (χ4n) is 3.11. The third kappa shape index (κ3) is 3.87. The van der Waals surface area contributed by atoms with Gasteiger partial charge < -0.3 is 9.64 Å². The number of likely N-dealkylation sites (tertiary alicyclic amines) is 2. The van der Waals surface area contributed by atoms with Crippen LogP contribution in [0.3, 0.4) is 0 Å². The highest BCUT2D eigenvalue weighted by Gasteiger charge is 2.53. The lowest BCUT2D eigenvalue weighted by Crippen LogP contribution is -2.60. The van der Waals surface area contributed by atoms with Gasteiger partial charge in [-0.2, -0.15) is 13.2 Å². The van der Waals surface area contributed by atoms with E-state index in [0.29, 0.717) is 11.3 Å². The van der Waals surface area contributed by atoms with Crippen LogP contribution in [0, 0.1) is 5.92 Å². The molecule has 0 saturated carbocycles. The molecule has 2 saturated heterocycles. The summed E-state index contributed by atoms with van der Waals surface area (Å²) in [5, 5.41) is 0. The van der Waals surface area contributed by atoms with Gasteiger partial charge in [0.2, 0.25) is 0 Å². The van der Waals surface area contributed by atoms with Gasteiger partial charge in [-0.05, 0) is 33.6 Å². The molecular weight excluding hydrogens is 320 g/mol. The first-order valence-corrected chi connectivity index (χ1v) is 7.41. The van der Waals surface area contributed by atoms with E-state index in [-0.39, 0.29) is 13.0 Å².